The summed E-state index contributed by atoms with van der Waals surface area (Å²) in [5.41, 5.74) is 5.76. The molecule has 0 fully saturated rings. The summed E-state index contributed by atoms with van der Waals surface area (Å²) in [7, 11) is 0. The minimum absolute atomic E-state index is 0.106. The van der Waals surface area contributed by atoms with E-state index in [1.165, 1.54) is 11.3 Å². The second-order valence-electron chi connectivity index (χ2n) is 2.58. The van der Waals surface area contributed by atoms with Crippen molar-refractivity contribution >= 4 is 39.2 Å². The topological polar surface area (TPSA) is 117 Å². The molecule has 1 rings (SSSR count). The van der Waals surface area contributed by atoms with Gasteiger partial charge in [0, 0.05) is 0 Å². The van der Waals surface area contributed by atoms with E-state index in [0.29, 0.717) is 10.6 Å². The molecular weight excluding hydrogens is 246 g/mol. The third-order valence-electron chi connectivity index (χ3n) is 1.52. The summed E-state index contributed by atoms with van der Waals surface area (Å²) in [6.07, 6.45) is 0. The number of hydrazone groups is 1. The van der Waals surface area contributed by atoms with Gasteiger partial charge in [-0.3, -0.25) is 4.79 Å². The van der Waals surface area contributed by atoms with Crippen LogP contribution in [0.2, 0.25) is 0 Å². The largest absolute Gasteiger partial charge is 0.377 e. The molecule has 0 aromatic carbocycles. The predicted molar refractivity (Wildman–Crippen MR) is 65.9 cm³/mol. The van der Waals surface area contributed by atoms with Crippen molar-refractivity contribution in [2.24, 2.45) is 16.7 Å². The van der Waals surface area contributed by atoms with Crippen LogP contribution in [0.25, 0.3) is 0 Å². The predicted octanol–water partition coefficient (Wildman–Crippen LogP) is 0.480. The maximum Gasteiger partial charge on any atom is 0.235 e. The van der Waals surface area contributed by atoms with Crippen LogP contribution in [0.4, 0.5) is 5.00 Å². The highest BCUT2D eigenvalue weighted by Crippen LogP contribution is 2.22. The lowest BCUT2D eigenvalue weighted by Crippen LogP contribution is -2.18. The number of anilines is 1. The third kappa shape index (κ3) is 3.45. The molecule has 8 heteroatoms. The van der Waals surface area contributed by atoms with Crippen LogP contribution in [0.5, 0.6) is 0 Å². The zero-order valence-electron chi connectivity index (χ0n) is 8.14. The molecule has 6 nitrogen and oxygen atoms in total. The Morgan fingerprint density at radius 1 is 1.75 bits per heavy atom. The number of carbonyl (C=O) groups is 1. The summed E-state index contributed by atoms with van der Waals surface area (Å²) in [5, 5.41) is 17.0. The van der Waals surface area contributed by atoms with Crippen LogP contribution in [0, 0.1) is 11.3 Å². The lowest BCUT2D eigenvalue weighted by atomic mass is 10.3. The normalized spacial score (nSPS) is 10.8. The number of carbonyl (C=O) groups excluding carboxylic acids is 1. The molecule has 0 radical (unpaired) electrons. The second kappa shape index (κ2) is 5.99. The summed E-state index contributed by atoms with van der Waals surface area (Å²) in [5.74, 6) is 4.76. The van der Waals surface area contributed by atoms with Gasteiger partial charge in [0.05, 0.1) is 11.3 Å². The lowest BCUT2D eigenvalue weighted by Gasteiger charge is -2.02. The average molecular weight is 255 g/mol. The molecule has 84 valence electrons. The van der Waals surface area contributed by atoms with Gasteiger partial charge in [-0.2, -0.15) is 10.4 Å². The monoisotopic (exact) mass is 255 g/mol. The van der Waals surface area contributed by atoms with Crippen LogP contribution in [0.15, 0.2) is 16.5 Å². The van der Waals surface area contributed by atoms with Crippen LogP contribution in [0.1, 0.15) is 5.56 Å². The Hall–Kier alpha value is -1.72. The molecule has 1 amide bonds. The van der Waals surface area contributed by atoms with Gasteiger partial charge in [0.15, 0.2) is 5.17 Å². The van der Waals surface area contributed by atoms with Gasteiger partial charge in [-0.05, 0) is 11.4 Å². The van der Waals surface area contributed by atoms with E-state index in [1.54, 1.807) is 11.4 Å². The Balaban J connectivity index is 2.50. The number of nitrogens with one attached hydrogen (secondary N) is 1. The van der Waals surface area contributed by atoms with Crippen LogP contribution in [-0.4, -0.2) is 16.8 Å². The van der Waals surface area contributed by atoms with Crippen molar-refractivity contribution in [1.29, 1.82) is 5.26 Å². The van der Waals surface area contributed by atoms with Crippen LogP contribution in [0.3, 0.4) is 0 Å². The maximum absolute atomic E-state index is 11.4. The number of amides is 1. The first-order valence-corrected chi connectivity index (χ1v) is 5.97. The van der Waals surface area contributed by atoms with Gasteiger partial charge in [0.1, 0.15) is 11.1 Å². The highest BCUT2D eigenvalue weighted by atomic mass is 32.2. The van der Waals surface area contributed by atoms with Crippen LogP contribution < -0.4 is 16.9 Å². The summed E-state index contributed by atoms with van der Waals surface area (Å²) in [4.78, 5) is 11.4. The minimum Gasteiger partial charge on any atom is -0.377 e. The quantitative estimate of drug-likeness (QED) is 0.314. The molecule has 0 aliphatic heterocycles. The highest BCUT2D eigenvalue weighted by molar-refractivity contribution is 8.14. The van der Waals surface area contributed by atoms with Gasteiger partial charge < -0.3 is 16.9 Å². The van der Waals surface area contributed by atoms with E-state index >= 15 is 0 Å². The fraction of sp³-hybridized carbons (Fsp3) is 0.125. The molecule has 0 unspecified atom stereocenters. The van der Waals surface area contributed by atoms with Crippen LogP contribution in [-0.2, 0) is 4.79 Å². The standard InChI is InChI=1S/C8H9N5OS2/c9-3-5-1-2-15-7(5)12-6(14)4-16-8(10)13-11/h1-2H,4,11H2,(H2,10,13)(H,12,14). The number of amidine groups is 1. The fourth-order valence-corrected chi connectivity index (χ4v) is 2.01. The van der Waals surface area contributed by atoms with E-state index in [4.69, 9.17) is 16.8 Å². The number of rotatable bonds is 3. The summed E-state index contributed by atoms with van der Waals surface area (Å²) in [6, 6.07) is 3.62. The first kappa shape index (κ1) is 12.4. The van der Waals surface area contributed by atoms with Crippen molar-refractivity contribution < 1.29 is 4.79 Å². The first-order valence-electron chi connectivity index (χ1n) is 4.11. The average Bonchev–Trinajstić information content (AvgIpc) is 2.73. The van der Waals surface area contributed by atoms with E-state index in [9.17, 15) is 4.79 Å². The molecular formula is C8H9N5OS2. The first-order chi connectivity index (χ1) is 7.67. The number of nitrogens with two attached hydrogens (primary N) is 2. The maximum atomic E-state index is 11.4. The minimum atomic E-state index is -0.254. The van der Waals surface area contributed by atoms with Gasteiger partial charge in [-0.15, -0.1) is 11.3 Å². The Labute approximate surface area is 100 Å². The highest BCUT2D eigenvalue weighted by Gasteiger charge is 2.08. The third-order valence-corrected chi connectivity index (χ3v) is 3.15. The number of nitriles is 1. The molecule has 0 bridgehead atoms. The molecule has 16 heavy (non-hydrogen) atoms. The Morgan fingerprint density at radius 2 is 2.50 bits per heavy atom. The number of thiophene rings is 1. The van der Waals surface area contributed by atoms with E-state index < -0.39 is 0 Å². The van der Waals surface area contributed by atoms with Gasteiger partial charge in [-0.1, -0.05) is 11.8 Å². The van der Waals surface area contributed by atoms with E-state index in [1.807, 2.05) is 6.07 Å². The van der Waals surface area contributed by atoms with E-state index in [2.05, 4.69) is 10.4 Å². The molecule has 0 aliphatic carbocycles. The zero-order valence-corrected chi connectivity index (χ0v) is 9.77. The van der Waals surface area contributed by atoms with Crippen molar-refractivity contribution in [3.05, 3.63) is 17.0 Å². The molecule has 0 spiro atoms. The van der Waals surface area contributed by atoms with E-state index in [-0.39, 0.29) is 16.8 Å². The van der Waals surface area contributed by atoms with Crippen molar-refractivity contribution in [3.63, 3.8) is 0 Å². The summed E-state index contributed by atoms with van der Waals surface area (Å²) >= 11 is 2.32. The SMILES string of the molecule is N#Cc1ccsc1NC(=O)CSC(N)=NN. The molecule has 0 saturated carbocycles. The van der Waals surface area contributed by atoms with Crippen molar-refractivity contribution in [1.82, 2.24) is 0 Å². The lowest BCUT2D eigenvalue weighted by molar-refractivity contribution is -0.113. The molecule has 0 atom stereocenters. The fourth-order valence-electron chi connectivity index (χ4n) is 0.834. The summed E-state index contributed by atoms with van der Waals surface area (Å²) < 4.78 is 0. The molecule has 0 aliphatic rings. The molecule has 0 saturated heterocycles. The number of hydrogen-bond donors (Lipinski definition) is 3. The molecule has 1 aromatic rings. The van der Waals surface area contributed by atoms with Crippen LogP contribution >= 0.6 is 23.1 Å². The molecule has 5 N–H and O–H groups in total. The Bertz CT molecular complexity index is 448. The van der Waals surface area contributed by atoms with Gasteiger partial charge in [0.25, 0.3) is 0 Å². The van der Waals surface area contributed by atoms with Crippen molar-refractivity contribution in [2.75, 3.05) is 11.1 Å². The van der Waals surface area contributed by atoms with E-state index in [0.717, 1.165) is 11.8 Å². The summed E-state index contributed by atoms with van der Waals surface area (Å²) in [6.45, 7) is 0. The van der Waals surface area contributed by atoms with Crippen molar-refractivity contribution in [2.45, 2.75) is 0 Å². The number of hydrogen-bond acceptors (Lipinski definition) is 6. The van der Waals surface area contributed by atoms with Gasteiger partial charge in [0.2, 0.25) is 5.91 Å². The number of thioether (sulfide) groups is 1. The molecule has 1 aromatic heterocycles. The Morgan fingerprint density at radius 3 is 3.12 bits per heavy atom. The van der Waals surface area contributed by atoms with Gasteiger partial charge in [-0.25, -0.2) is 0 Å². The van der Waals surface area contributed by atoms with Crippen molar-refractivity contribution in [3.8, 4) is 6.07 Å². The Kier molecular flexibility index (Phi) is 4.63. The van der Waals surface area contributed by atoms with Gasteiger partial charge >= 0.3 is 0 Å². The second-order valence-corrected chi connectivity index (χ2v) is 4.49. The smallest absolute Gasteiger partial charge is 0.235 e. The number of nitrogens with zero attached hydrogens (tertiary/aromatic N) is 2. The zero-order chi connectivity index (χ0) is 12.0. The molecule has 1 heterocycles.